The van der Waals surface area contributed by atoms with Crippen LogP contribution < -0.4 is 16.4 Å². The molecule has 1 heterocycles. The fraction of sp³-hybridized carbons (Fsp3) is 0.467. The molecule has 5 nitrogen and oxygen atoms in total. The number of hydrogen-bond acceptors (Lipinski definition) is 4. The lowest BCUT2D eigenvalue weighted by atomic mass is 9.91. The number of benzene rings is 1. The molecule has 2 atom stereocenters. The molecule has 1 aromatic carbocycles. The first-order chi connectivity index (χ1) is 10.4. The van der Waals surface area contributed by atoms with Gasteiger partial charge in [0.2, 0.25) is 11.8 Å². The highest BCUT2D eigenvalue weighted by molar-refractivity contribution is 7.99. The molecule has 0 aromatic heterocycles. The summed E-state index contributed by atoms with van der Waals surface area (Å²) in [5.74, 6) is 1.12. The molecule has 0 radical (unpaired) electrons. The summed E-state index contributed by atoms with van der Waals surface area (Å²) >= 11 is 7.79. The number of carbonyl (C=O) groups is 2. The van der Waals surface area contributed by atoms with Gasteiger partial charge >= 0.3 is 0 Å². The molecule has 2 amide bonds. The minimum atomic E-state index is -1.27. The largest absolute Gasteiger partial charge is 0.367 e. The highest BCUT2D eigenvalue weighted by Gasteiger charge is 2.35. The predicted molar refractivity (Wildman–Crippen MR) is 89.9 cm³/mol. The second kappa shape index (κ2) is 7.35. The lowest BCUT2D eigenvalue weighted by Crippen LogP contribution is -2.54. The number of primary amides is 1. The summed E-state index contributed by atoms with van der Waals surface area (Å²) in [6.07, 6.45) is 0.316. The molecule has 1 aliphatic heterocycles. The van der Waals surface area contributed by atoms with Gasteiger partial charge in [0, 0.05) is 35.5 Å². The summed E-state index contributed by atoms with van der Waals surface area (Å²) in [4.78, 5) is 24.2. The van der Waals surface area contributed by atoms with Crippen LogP contribution in [0.3, 0.4) is 0 Å². The fourth-order valence-electron chi connectivity index (χ4n) is 2.38. The van der Waals surface area contributed by atoms with Gasteiger partial charge in [-0.25, -0.2) is 0 Å². The molecule has 2 rings (SSSR count). The second-order valence-corrected chi connectivity index (χ2v) is 7.06. The molecule has 7 heteroatoms. The van der Waals surface area contributed by atoms with Gasteiger partial charge in [-0.05, 0) is 24.6 Å². The Labute approximate surface area is 139 Å². The monoisotopic (exact) mass is 341 g/mol. The van der Waals surface area contributed by atoms with Crippen LogP contribution in [0.1, 0.15) is 18.9 Å². The summed E-state index contributed by atoms with van der Waals surface area (Å²) in [5, 5.41) is 6.55. The molecule has 22 heavy (non-hydrogen) atoms. The molecular formula is C15H20ClN3O2S. The van der Waals surface area contributed by atoms with Crippen LogP contribution in [-0.2, 0) is 15.1 Å². The van der Waals surface area contributed by atoms with Crippen LogP contribution in [0.15, 0.2) is 24.3 Å². The average molecular weight is 342 g/mol. The molecule has 2 unspecified atom stereocenters. The summed E-state index contributed by atoms with van der Waals surface area (Å²) in [5.41, 5.74) is 4.82. The third-order valence-corrected chi connectivity index (χ3v) is 5.08. The Morgan fingerprint density at radius 3 is 2.91 bits per heavy atom. The molecule has 120 valence electrons. The topological polar surface area (TPSA) is 84.2 Å². The van der Waals surface area contributed by atoms with Gasteiger partial charge in [0.25, 0.3) is 0 Å². The average Bonchev–Trinajstić information content (AvgIpc) is 2.47. The first-order valence-corrected chi connectivity index (χ1v) is 8.63. The number of nitrogens with one attached hydrogen (secondary N) is 2. The van der Waals surface area contributed by atoms with Crippen LogP contribution in [0.25, 0.3) is 0 Å². The van der Waals surface area contributed by atoms with Crippen molar-refractivity contribution in [3.63, 3.8) is 0 Å². The van der Waals surface area contributed by atoms with E-state index in [1.807, 2.05) is 11.8 Å². The van der Waals surface area contributed by atoms with Crippen molar-refractivity contribution in [2.75, 3.05) is 18.1 Å². The van der Waals surface area contributed by atoms with Crippen LogP contribution in [-0.4, -0.2) is 35.9 Å². The van der Waals surface area contributed by atoms with Crippen molar-refractivity contribution < 1.29 is 9.59 Å². The quantitative estimate of drug-likeness (QED) is 0.752. The van der Waals surface area contributed by atoms with Crippen LogP contribution in [0, 0.1) is 0 Å². The summed E-state index contributed by atoms with van der Waals surface area (Å²) < 4.78 is 0. The Balaban J connectivity index is 2.10. The maximum atomic E-state index is 12.3. The van der Waals surface area contributed by atoms with Crippen molar-refractivity contribution in [3.05, 3.63) is 34.9 Å². The molecule has 1 aliphatic rings. The van der Waals surface area contributed by atoms with Crippen LogP contribution >= 0.6 is 23.4 Å². The standard InChI is InChI=1S/C15H20ClN3O2S/c1-15(14(17)21,10-3-2-4-11(16)7-10)19-13(20)8-12-9-22-6-5-18-12/h2-4,7,12,18H,5-6,8-9H2,1H3,(H2,17,21)(H,19,20). The normalized spacial score (nSPS) is 20.9. The molecule has 1 saturated heterocycles. The Morgan fingerprint density at radius 1 is 1.55 bits per heavy atom. The predicted octanol–water partition coefficient (Wildman–Crippen LogP) is 1.25. The number of halogens is 1. The number of hydrogen-bond donors (Lipinski definition) is 3. The third-order valence-electron chi connectivity index (χ3n) is 3.71. The van der Waals surface area contributed by atoms with E-state index in [9.17, 15) is 9.59 Å². The van der Waals surface area contributed by atoms with Gasteiger partial charge in [-0.15, -0.1) is 0 Å². The van der Waals surface area contributed by atoms with Gasteiger partial charge in [0.05, 0.1) is 0 Å². The number of rotatable bonds is 5. The number of carbonyl (C=O) groups excluding carboxylic acids is 2. The van der Waals surface area contributed by atoms with E-state index in [2.05, 4.69) is 10.6 Å². The van der Waals surface area contributed by atoms with E-state index in [0.29, 0.717) is 17.0 Å². The highest BCUT2D eigenvalue weighted by Crippen LogP contribution is 2.24. The van der Waals surface area contributed by atoms with Crippen molar-refractivity contribution in [2.24, 2.45) is 5.73 Å². The Morgan fingerprint density at radius 2 is 2.32 bits per heavy atom. The molecule has 0 bridgehead atoms. The Kier molecular flexibility index (Phi) is 5.72. The van der Waals surface area contributed by atoms with Crippen molar-refractivity contribution in [3.8, 4) is 0 Å². The third kappa shape index (κ3) is 4.15. The maximum absolute atomic E-state index is 12.3. The zero-order chi connectivity index (χ0) is 16.2. The van der Waals surface area contributed by atoms with Gasteiger partial charge in [0.1, 0.15) is 5.54 Å². The first-order valence-electron chi connectivity index (χ1n) is 7.10. The Hall–Kier alpha value is -1.24. The van der Waals surface area contributed by atoms with Crippen molar-refractivity contribution in [1.82, 2.24) is 10.6 Å². The van der Waals surface area contributed by atoms with E-state index in [-0.39, 0.29) is 11.9 Å². The molecule has 1 fully saturated rings. The van der Waals surface area contributed by atoms with E-state index in [1.54, 1.807) is 31.2 Å². The lowest BCUT2D eigenvalue weighted by Gasteiger charge is -2.30. The van der Waals surface area contributed by atoms with Gasteiger partial charge in [-0.3, -0.25) is 9.59 Å². The molecular weight excluding hydrogens is 322 g/mol. The zero-order valence-corrected chi connectivity index (χ0v) is 14.0. The summed E-state index contributed by atoms with van der Waals surface area (Å²) in [7, 11) is 0. The van der Waals surface area contributed by atoms with E-state index >= 15 is 0 Å². The minimum absolute atomic E-state index is 0.121. The second-order valence-electron chi connectivity index (χ2n) is 5.48. The fourth-order valence-corrected chi connectivity index (χ4v) is 3.52. The van der Waals surface area contributed by atoms with E-state index in [4.69, 9.17) is 17.3 Å². The van der Waals surface area contributed by atoms with Gasteiger partial charge in [-0.2, -0.15) is 11.8 Å². The summed E-state index contributed by atoms with van der Waals surface area (Å²) in [6, 6.07) is 6.92. The molecule has 1 aromatic rings. The molecule has 0 saturated carbocycles. The zero-order valence-electron chi connectivity index (χ0n) is 12.4. The van der Waals surface area contributed by atoms with Crippen molar-refractivity contribution in [2.45, 2.75) is 24.9 Å². The minimum Gasteiger partial charge on any atom is -0.367 e. The Bertz CT molecular complexity index is 563. The van der Waals surface area contributed by atoms with Gasteiger partial charge in [0.15, 0.2) is 0 Å². The molecule has 0 aliphatic carbocycles. The van der Waals surface area contributed by atoms with Crippen LogP contribution in [0.2, 0.25) is 5.02 Å². The van der Waals surface area contributed by atoms with Gasteiger partial charge in [-0.1, -0.05) is 23.7 Å². The maximum Gasteiger partial charge on any atom is 0.247 e. The number of thioether (sulfide) groups is 1. The SMILES string of the molecule is CC(NC(=O)CC1CSCCN1)(C(N)=O)c1cccc(Cl)c1. The number of amides is 2. The van der Waals surface area contributed by atoms with Crippen molar-refractivity contribution >= 4 is 35.2 Å². The first kappa shape index (κ1) is 17.1. The smallest absolute Gasteiger partial charge is 0.247 e. The van der Waals surface area contributed by atoms with E-state index < -0.39 is 11.4 Å². The highest BCUT2D eigenvalue weighted by atomic mass is 35.5. The summed E-state index contributed by atoms with van der Waals surface area (Å²) in [6.45, 7) is 2.49. The number of nitrogens with two attached hydrogens (primary N) is 1. The van der Waals surface area contributed by atoms with Crippen LogP contribution in [0.4, 0.5) is 0 Å². The van der Waals surface area contributed by atoms with Gasteiger partial charge < -0.3 is 16.4 Å². The molecule has 0 spiro atoms. The van der Waals surface area contributed by atoms with E-state index in [1.165, 1.54) is 0 Å². The molecule has 4 N–H and O–H groups in total. The van der Waals surface area contributed by atoms with Crippen molar-refractivity contribution in [1.29, 1.82) is 0 Å². The van der Waals surface area contributed by atoms with E-state index in [0.717, 1.165) is 18.1 Å². The lowest BCUT2D eigenvalue weighted by molar-refractivity contribution is -0.131. The van der Waals surface area contributed by atoms with Crippen LogP contribution in [0.5, 0.6) is 0 Å².